The summed E-state index contributed by atoms with van der Waals surface area (Å²) in [5, 5.41) is 0.619. The van der Waals surface area contributed by atoms with Crippen LogP contribution in [0.1, 0.15) is 0 Å². The van der Waals surface area contributed by atoms with Crippen molar-refractivity contribution in [3.63, 3.8) is 0 Å². The number of halogens is 2. The van der Waals surface area contributed by atoms with E-state index in [1.807, 2.05) is 0 Å². The van der Waals surface area contributed by atoms with Crippen LogP contribution in [0.2, 0.25) is 5.02 Å². The van der Waals surface area contributed by atoms with Crippen LogP contribution in [0.25, 0.3) is 5.69 Å². The predicted molar refractivity (Wildman–Crippen MR) is 109 cm³/mol. The van der Waals surface area contributed by atoms with E-state index < -0.39 is 0 Å². The number of amides is 1. The number of rotatable bonds is 5. The average Bonchev–Trinajstić information content (AvgIpc) is 3.23. The van der Waals surface area contributed by atoms with Gasteiger partial charge in [0.1, 0.15) is 11.6 Å². The lowest BCUT2D eigenvalue weighted by Gasteiger charge is -2.35. The fraction of sp³-hybridized carbons (Fsp3) is 0.238. The fourth-order valence-corrected chi connectivity index (χ4v) is 3.41. The first kappa shape index (κ1) is 19.3. The van der Waals surface area contributed by atoms with Gasteiger partial charge in [-0.3, -0.25) is 9.36 Å². The van der Waals surface area contributed by atoms with E-state index in [9.17, 15) is 9.18 Å². The van der Waals surface area contributed by atoms with Gasteiger partial charge in [0.25, 0.3) is 5.91 Å². The number of carbonyl (C=O) groups excluding carboxylic acids is 1. The van der Waals surface area contributed by atoms with Crippen molar-refractivity contribution in [2.45, 2.75) is 0 Å². The maximum absolute atomic E-state index is 14.2. The number of nitrogens with zero attached hydrogens (tertiary/aromatic N) is 4. The van der Waals surface area contributed by atoms with E-state index in [0.717, 1.165) is 0 Å². The molecule has 0 unspecified atom stereocenters. The molecule has 0 spiro atoms. The van der Waals surface area contributed by atoms with Crippen molar-refractivity contribution in [2.24, 2.45) is 0 Å². The monoisotopic (exact) mass is 414 g/mol. The van der Waals surface area contributed by atoms with Gasteiger partial charge in [0.15, 0.2) is 6.61 Å². The summed E-state index contributed by atoms with van der Waals surface area (Å²) in [7, 11) is 0. The summed E-state index contributed by atoms with van der Waals surface area (Å²) in [5.41, 5.74) is 0.454. The molecular weight excluding hydrogens is 395 g/mol. The highest BCUT2D eigenvalue weighted by Gasteiger charge is 2.24. The lowest BCUT2D eigenvalue weighted by molar-refractivity contribution is -0.133. The van der Waals surface area contributed by atoms with Crippen LogP contribution in [0.3, 0.4) is 0 Å². The van der Waals surface area contributed by atoms with E-state index in [2.05, 4.69) is 9.88 Å². The molecule has 0 radical (unpaired) electrons. The Bertz CT molecular complexity index is 984. The summed E-state index contributed by atoms with van der Waals surface area (Å²) in [6, 6.07) is 13.5. The third-order valence-electron chi connectivity index (χ3n) is 4.82. The van der Waals surface area contributed by atoms with E-state index in [0.29, 0.717) is 48.6 Å². The molecule has 29 heavy (non-hydrogen) atoms. The quantitative estimate of drug-likeness (QED) is 0.642. The van der Waals surface area contributed by atoms with Crippen LogP contribution in [0.4, 0.5) is 10.3 Å². The van der Waals surface area contributed by atoms with Crippen LogP contribution in [0.5, 0.6) is 5.75 Å². The molecule has 1 amide bonds. The number of hydrogen-bond donors (Lipinski definition) is 0. The largest absolute Gasteiger partial charge is 0.484 e. The number of ether oxygens (including phenoxy) is 1. The SMILES string of the molecule is O=C(COc1ccc(Cl)cc1)N1CCN(c2nccn2-c2ccccc2F)CC1. The Labute approximate surface area is 173 Å². The topological polar surface area (TPSA) is 50.6 Å². The van der Waals surface area contributed by atoms with Gasteiger partial charge in [0, 0.05) is 43.6 Å². The highest BCUT2D eigenvalue weighted by atomic mass is 35.5. The standard InChI is InChI=1S/C21H20ClFN4O2/c22-16-5-7-17(8-6-16)29-15-20(28)25-11-13-26(14-12-25)21-24-9-10-27(21)19-4-2-1-3-18(19)23/h1-10H,11-15H2. The predicted octanol–water partition coefficient (Wildman–Crippen LogP) is 3.39. The van der Waals surface area contributed by atoms with Crippen LogP contribution in [-0.2, 0) is 4.79 Å². The molecule has 0 N–H and O–H groups in total. The van der Waals surface area contributed by atoms with Crippen molar-refractivity contribution in [3.05, 3.63) is 71.8 Å². The molecule has 8 heteroatoms. The summed E-state index contributed by atoms with van der Waals surface area (Å²) in [6.07, 6.45) is 3.39. The molecule has 1 aliphatic rings. The Kier molecular flexibility index (Phi) is 5.67. The van der Waals surface area contributed by atoms with E-state index in [4.69, 9.17) is 16.3 Å². The number of imidazole rings is 1. The lowest BCUT2D eigenvalue weighted by Crippen LogP contribution is -2.50. The molecule has 1 aliphatic heterocycles. The molecule has 2 aromatic carbocycles. The highest BCUT2D eigenvalue weighted by molar-refractivity contribution is 6.30. The van der Waals surface area contributed by atoms with Crippen molar-refractivity contribution < 1.29 is 13.9 Å². The van der Waals surface area contributed by atoms with E-state index in [1.54, 1.807) is 64.3 Å². The molecule has 0 bridgehead atoms. The summed E-state index contributed by atoms with van der Waals surface area (Å²) in [5.74, 6) is 0.893. The van der Waals surface area contributed by atoms with Crippen LogP contribution < -0.4 is 9.64 Å². The van der Waals surface area contributed by atoms with Gasteiger partial charge in [-0.2, -0.15) is 0 Å². The van der Waals surface area contributed by atoms with Crippen molar-refractivity contribution in [3.8, 4) is 11.4 Å². The number of para-hydroxylation sites is 1. The molecule has 4 rings (SSSR count). The third kappa shape index (κ3) is 4.35. The van der Waals surface area contributed by atoms with Crippen molar-refractivity contribution >= 4 is 23.5 Å². The second-order valence-electron chi connectivity index (χ2n) is 6.66. The van der Waals surface area contributed by atoms with Gasteiger partial charge in [-0.25, -0.2) is 9.37 Å². The minimum absolute atomic E-state index is 0.0223. The zero-order valence-corrected chi connectivity index (χ0v) is 16.4. The highest BCUT2D eigenvalue weighted by Crippen LogP contribution is 2.22. The molecule has 2 heterocycles. The van der Waals surface area contributed by atoms with Gasteiger partial charge < -0.3 is 14.5 Å². The van der Waals surface area contributed by atoms with Crippen molar-refractivity contribution in [2.75, 3.05) is 37.7 Å². The van der Waals surface area contributed by atoms with Crippen molar-refractivity contribution in [1.29, 1.82) is 0 Å². The van der Waals surface area contributed by atoms with Gasteiger partial charge in [0.2, 0.25) is 5.95 Å². The van der Waals surface area contributed by atoms with Gasteiger partial charge in [-0.15, -0.1) is 0 Å². The van der Waals surface area contributed by atoms with Gasteiger partial charge in [0.05, 0.1) is 5.69 Å². The van der Waals surface area contributed by atoms with E-state index >= 15 is 0 Å². The van der Waals surface area contributed by atoms with Crippen LogP contribution in [0.15, 0.2) is 60.9 Å². The number of benzene rings is 2. The molecular formula is C21H20ClFN4O2. The molecule has 0 aliphatic carbocycles. The molecule has 3 aromatic rings. The van der Waals surface area contributed by atoms with Crippen LogP contribution in [-0.4, -0.2) is 53.1 Å². The Balaban J connectivity index is 1.35. The summed E-state index contributed by atoms with van der Waals surface area (Å²) in [6.45, 7) is 2.29. The Morgan fingerprint density at radius 3 is 2.52 bits per heavy atom. The first-order valence-corrected chi connectivity index (χ1v) is 9.69. The van der Waals surface area contributed by atoms with Crippen LogP contribution >= 0.6 is 11.6 Å². The molecule has 1 saturated heterocycles. The normalized spacial score (nSPS) is 14.1. The van der Waals surface area contributed by atoms with Crippen molar-refractivity contribution in [1.82, 2.24) is 14.5 Å². The zero-order chi connectivity index (χ0) is 20.2. The molecule has 0 atom stereocenters. The minimum atomic E-state index is -0.306. The first-order chi connectivity index (χ1) is 14.1. The molecule has 6 nitrogen and oxygen atoms in total. The van der Waals surface area contributed by atoms with Crippen LogP contribution in [0, 0.1) is 5.82 Å². The summed E-state index contributed by atoms with van der Waals surface area (Å²) < 4.78 is 21.4. The third-order valence-corrected chi connectivity index (χ3v) is 5.08. The van der Waals surface area contributed by atoms with Gasteiger partial charge >= 0.3 is 0 Å². The molecule has 0 saturated carbocycles. The first-order valence-electron chi connectivity index (χ1n) is 9.31. The number of aromatic nitrogens is 2. The van der Waals surface area contributed by atoms with E-state index in [1.165, 1.54) is 6.07 Å². The molecule has 150 valence electrons. The average molecular weight is 415 g/mol. The van der Waals surface area contributed by atoms with E-state index in [-0.39, 0.29) is 18.3 Å². The number of hydrogen-bond acceptors (Lipinski definition) is 4. The number of anilines is 1. The maximum Gasteiger partial charge on any atom is 0.260 e. The lowest BCUT2D eigenvalue weighted by atomic mass is 10.3. The second-order valence-corrected chi connectivity index (χ2v) is 7.10. The fourth-order valence-electron chi connectivity index (χ4n) is 3.29. The summed E-state index contributed by atoms with van der Waals surface area (Å²) >= 11 is 5.85. The Morgan fingerprint density at radius 1 is 1.07 bits per heavy atom. The maximum atomic E-state index is 14.2. The zero-order valence-electron chi connectivity index (χ0n) is 15.7. The molecule has 1 fully saturated rings. The van der Waals surface area contributed by atoms with Gasteiger partial charge in [-0.1, -0.05) is 23.7 Å². The Morgan fingerprint density at radius 2 is 1.79 bits per heavy atom. The molecule has 1 aromatic heterocycles. The number of carbonyl (C=O) groups is 1. The van der Waals surface area contributed by atoms with Gasteiger partial charge in [-0.05, 0) is 36.4 Å². The number of piperazine rings is 1. The second kappa shape index (κ2) is 8.53. The smallest absolute Gasteiger partial charge is 0.260 e. The minimum Gasteiger partial charge on any atom is -0.484 e. The summed E-state index contributed by atoms with van der Waals surface area (Å²) in [4.78, 5) is 20.7. The Hall–Kier alpha value is -3.06.